The number of amides is 1. The van der Waals surface area contributed by atoms with Gasteiger partial charge in [-0.15, -0.1) is 0 Å². The fourth-order valence-corrected chi connectivity index (χ4v) is 2.52. The van der Waals surface area contributed by atoms with Crippen molar-refractivity contribution in [2.24, 2.45) is 5.92 Å². The van der Waals surface area contributed by atoms with Crippen LogP contribution in [0.1, 0.15) is 37.4 Å². The van der Waals surface area contributed by atoms with Gasteiger partial charge in [-0.25, -0.2) is 0 Å². The fourth-order valence-electron chi connectivity index (χ4n) is 2.25. The molecule has 1 aliphatic carbocycles. The summed E-state index contributed by atoms with van der Waals surface area (Å²) < 4.78 is 4.84. The number of aryl methyl sites for hydroxylation is 1. The van der Waals surface area contributed by atoms with Crippen LogP contribution < -0.4 is 5.32 Å². The minimum atomic E-state index is -0.495. The van der Waals surface area contributed by atoms with Gasteiger partial charge in [-0.05, 0) is 50.6 Å². The number of halogens is 1. The molecule has 2 rings (SSSR count). The van der Waals surface area contributed by atoms with E-state index in [4.69, 9.17) is 16.1 Å². The van der Waals surface area contributed by atoms with Gasteiger partial charge >= 0.3 is 0 Å². The highest BCUT2D eigenvalue weighted by atomic mass is 35.5. The van der Waals surface area contributed by atoms with E-state index in [1.54, 1.807) is 6.92 Å². The monoisotopic (exact) mass is 286 g/mol. The second kappa shape index (κ2) is 5.51. The molecule has 1 amide bonds. The Bertz CT molecular complexity index is 451. The maximum atomic E-state index is 12.0. The predicted octanol–water partition coefficient (Wildman–Crippen LogP) is 1.85. The van der Waals surface area contributed by atoms with Crippen LogP contribution in [0.4, 0.5) is 0 Å². The van der Waals surface area contributed by atoms with Gasteiger partial charge in [0.15, 0.2) is 0 Å². The first-order valence-electron chi connectivity index (χ1n) is 6.49. The van der Waals surface area contributed by atoms with Gasteiger partial charge in [0, 0.05) is 12.0 Å². The van der Waals surface area contributed by atoms with Gasteiger partial charge < -0.3 is 14.9 Å². The normalized spacial score (nSPS) is 18.1. The molecule has 0 aliphatic heterocycles. The molecule has 0 aromatic carbocycles. The van der Waals surface area contributed by atoms with Gasteiger partial charge in [0.2, 0.25) is 11.1 Å². The van der Waals surface area contributed by atoms with E-state index in [2.05, 4.69) is 10.5 Å². The molecule has 1 saturated carbocycles. The molecule has 6 heteroatoms. The summed E-state index contributed by atoms with van der Waals surface area (Å²) in [5.41, 5.74) is 0.990. The summed E-state index contributed by atoms with van der Waals surface area (Å²) >= 11 is 5.85. The van der Waals surface area contributed by atoms with Crippen molar-refractivity contribution < 1.29 is 14.4 Å². The summed E-state index contributed by atoms with van der Waals surface area (Å²) in [4.78, 5) is 12.0. The molecule has 5 nitrogen and oxygen atoms in total. The van der Waals surface area contributed by atoms with Gasteiger partial charge in [-0.2, -0.15) is 0 Å². The molecule has 19 heavy (non-hydrogen) atoms. The average molecular weight is 287 g/mol. The van der Waals surface area contributed by atoms with Crippen LogP contribution in [-0.4, -0.2) is 28.3 Å². The Balaban J connectivity index is 1.88. The van der Waals surface area contributed by atoms with Crippen LogP contribution in [0.25, 0.3) is 0 Å². The highest BCUT2D eigenvalue weighted by Crippen LogP contribution is 2.39. The van der Waals surface area contributed by atoms with Crippen molar-refractivity contribution in [2.45, 2.75) is 45.1 Å². The molecule has 0 radical (unpaired) electrons. The smallest absolute Gasteiger partial charge is 0.229 e. The van der Waals surface area contributed by atoms with Crippen molar-refractivity contribution in [1.29, 1.82) is 0 Å². The van der Waals surface area contributed by atoms with Crippen molar-refractivity contribution in [1.82, 2.24) is 10.5 Å². The molecule has 1 fully saturated rings. The van der Waals surface area contributed by atoms with Crippen LogP contribution in [0.5, 0.6) is 0 Å². The number of nitrogens with zero attached hydrogens (tertiary/aromatic N) is 1. The van der Waals surface area contributed by atoms with Gasteiger partial charge in [0.25, 0.3) is 0 Å². The van der Waals surface area contributed by atoms with Gasteiger partial charge in [-0.1, -0.05) is 5.16 Å². The number of hydrogen-bond donors (Lipinski definition) is 2. The highest BCUT2D eigenvalue weighted by molar-refractivity contribution is 6.29. The number of rotatable bonds is 6. The van der Waals surface area contributed by atoms with Gasteiger partial charge in [0.05, 0.1) is 17.8 Å². The molecule has 0 bridgehead atoms. The molecule has 0 saturated heterocycles. The molecule has 2 N–H and O–H groups in total. The summed E-state index contributed by atoms with van der Waals surface area (Å²) in [5, 5.41) is 16.3. The summed E-state index contributed by atoms with van der Waals surface area (Å²) in [6.07, 6.45) is 2.93. The number of nitrogens with one attached hydrogen (secondary N) is 1. The second-order valence-corrected chi connectivity index (χ2v) is 5.76. The van der Waals surface area contributed by atoms with Crippen LogP contribution in [0.2, 0.25) is 5.22 Å². The van der Waals surface area contributed by atoms with Crippen LogP contribution >= 0.6 is 11.6 Å². The van der Waals surface area contributed by atoms with Crippen molar-refractivity contribution in [2.75, 3.05) is 6.61 Å². The van der Waals surface area contributed by atoms with E-state index in [0.29, 0.717) is 24.5 Å². The standard InChI is InChI=1S/C13H19ClN2O3/c1-8-10(12(14)19-16-8)5-6-11(18)15-13(2,7-17)9-3-4-9/h9,17H,3-7H2,1-2H3,(H,15,18). The Kier molecular flexibility index (Phi) is 4.16. The quantitative estimate of drug-likeness (QED) is 0.837. The third kappa shape index (κ3) is 3.28. The molecule has 0 spiro atoms. The van der Waals surface area contributed by atoms with Crippen LogP contribution in [-0.2, 0) is 11.2 Å². The van der Waals surface area contributed by atoms with Crippen LogP contribution in [0, 0.1) is 12.8 Å². The Labute approximate surface area is 117 Å². The molecule has 1 aromatic heterocycles. The van der Waals surface area contributed by atoms with Crippen molar-refractivity contribution in [3.63, 3.8) is 0 Å². The van der Waals surface area contributed by atoms with E-state index < -0.39 is 5.54 Å². The zero-order valence-corrected chi connectivity index (χ0v) is 12.0. The van der Waals surface area contributed by atoms with E-state index in [0.717, 1.165) is 18.4 Å². The lowest BCUT2D eigenvalue weighted by molar-refractivity contribution is -0.123. The lowest BCUT2D eigenvalue weighted by Gasteiger charge is -2.28. The third-order valence-corrected chi connectivity index (χ3v) is 4.07. The average Bonchev–Trinajstić information content (AvgIpc) is 3.16. The van der Waals surface area contributed by atoms with Crippen LogP contribution in [0.3, 0.4) is 0 Å². The van der Waals surface area contributed by atoms with Gasteiger partial charge in [-0.3, -0.25) is 4.79 Å². The minimum Gasteiger partial charge on any atom is -0.394 e. The predicted molar refractivity (Wildman–Crippen MR) is 70.9 cm³/mol. The number of carbonyl (C=O) groups is 1. The van der Waals surface area contributed by atoms with E-state index >= 15 is 0 Å². The number of hydrogen-bond acceptors (Lipinski definition) is 4. The lowest BCUT2D eigenvalue weighted by Crippen LogP contribution is -2.50. The Morgan fingerprint density at radius 1 is 1.63 bits per heavy atom. The summed E-state index contributed by atoms with van der Waals surface area (Å²) in [5.74, 6) is 0.308. The fraction of sp³-hybridized carbons (Fsp3) is 0.692. The SMILES string of the molecule is Cc1noc(Cl)c1CCC(=O)NC(C)(CO)C1CC1. The largest absolute Gasteiger partial charge is 0.394 e. The first kappa shape index (κ1) is 14.3. The molecular formula is C13H19ClN2O3. The molecule has 1 atom stereocenters. The first-order valence-corrected chi connectivity index (χ1v) is 6.86. The maximum absolute atomic E-state index is 12.0. The van der Waals surface area contributed by atoms with E-state index in [1.807, 2.05) is 6.92 Å². The minimum absolute atomic E-state index is 0.0313. The van der Waals surface area contributed by atoms with E-state index in [1.165, 1.54) is 0 Å². The summed E-state index contributed by atoms with van der Waals surface area (Å²) in [6, 6.07) is 0. The Morgan fingerprint density at radius 3 is 2.79 bits per heavy atom. The van der Waals surface area contributed by atoms with E-state index in [9.17, 15) is 9.90 Å². The first-order chi connectivity index (χ1) is 8.96. The molecule has 106 valence electrons. The summed E-state index contributed by atoms with van der Waals surface area (Å²) in [7, 11) is 0. The van der Waals surface area contributed by atoms with E-state index in [-0.39, 0.29) is 17.7 Å². The third-order valence-electron chi connectivity index (χ3n) is 3.77. The lowest BCUT2D eigenvalue weighted by atomic mass is 9.96. The summed E-state index contributed by atoms with van der Waals surface area (Å²) in [6.45, 7) is 3.65. The maximum Gasteiger partial charge on any atom is 0.229 e. The molecule has 1 heterocycles. The van der Waals surface area contributed by atoms with Gasteiger partial charge in [0.1, 0.15) is 0 Å². The Hall–Kier alpha value is -1.07. The zero-order valence-electron chi connectivity index (χ0n) is 11.2. The topological polar surface area (TPSA) is 75.4 Å². The molecular weight excluding hydrogens is 268 g/mol. The molecule has 1 unspecified atom stereocenters. The number of aliphatic hydroxyl groups excluding tert-OH is 1. The van der Waals surface area contributed by atoms with Crippen molar-refractivity contribution in [3.05, 3.63) is 16.5 Å². The second-order valence-electron chi connectivity index (χ2n) is 5.42. The number of aliphatic hydroxyl groups is 1. The number of aromatic nitrogens is 1. The molecule has 1 aromatic rings. The highest BCUT2D eigenvalue weighted by Gasteiger charge is 2.42. The Morgan fingerprint density at radius 2 is 2.32 bits per heavy atom. The van der Waals surface area contributed by atoms with Crippen molar-refractivity contribution >= 4 is 17.5 Å². The van der Waals surface area contributed by atoms with Crippen LogP contribution in [0.15, 0.2) is 4.52 Å². The zero-order chi connectivity index (χ0) is 14.0. The molecule has 1 aliphatic rings. The van der Waals surface area contributed by atoms with Crippen molar-refractivity contribution in [3.8, 4) is 0 Å². The number of carbonyl (C=O) groups excluding carboxylic acids is 1.